The summed E-state index contributed by atoms with van der Waals surface area (Å²) in [5, 5.41) is 9.80. The fourth-order valence-electron chi connectivity index (χ4n) is 7.62. The SMILES string of the molecule is CCc1cc(-c2ccc(-c3c4ccccc4c(-c4ccccc4)c4ccccc34)c3ccccc23)nc2c1ccc1c(C)ccnc12. The number of pyridine rings is 2. The first-order chi connectivity index (χ1) is 23.2. The second-order valence-electron chi connectivity index (χ2n) is 12.4. The van der Waals surface area contributed by atoms with Crippen molar-refractivity contribution in [3.05, 3.63) is 157 Å². The van der Waals surface area contributed by atoms with E-state index in [2.05, 4.69) is 153 Å². The van der Waals surface area contributed by atoms with Gasteiger partial charge in [-0.25, -0.2) is 4.98 Å². The summed E-state index contributed by atoms with van der Waals surface area (Å²) in [6, 6.07) is 50.7. The van der Waals surface area contributed by atoms with Crippen LogP contribution in [0.25, 0.3) is 87.6 Å². The maximum Gasteiger partial charge on any atom is 0.0974 e. The summed E-state index contributed by atoms with van der Waals surface area (Å²) in [6.45, 7) is 4.37. The Balaban J connectivity index is 1.35. The Morgan fingerprint density at radius 3 is 1.68 bits per heavy atom. The molecule has 0 aliphatic heterocycles. The highest BCUT2D eigenvalue weighted by molar-refractivity contribution is 6.24. The summed E-state index contributed by atoms with van der Waals surface area (Å²) in [4.78, 5) is 10.2. The van der Waals surface area contributed by atoms with Crippen LogP contribution in [0, 0.1) is 6.92 Å². The van der Waals surface area contributed by atoms with E-state index < -0.39 is 0 Å². The number of aryl methyl sites for hydroxylation is 2. The number of aromatic nitrogens is 2. The Morgan fingerprint density at radius 2 is 1.02 bits per heavy atom. The first-order valence-electron chi connectivity index (χ1n) is 16.4. The van der Waals surface area contributed by atoms with Crippen molar-refractivity contribution in [3.8, 4) is 33.5 Å². The second kappa shape index (κ2) is 10.9. The topological polar surface area (TPSA) is 25.8 Å². The molecule has 0 aliphatic rings. The Morgan fingerprint density at radius 1 is 0.468 bits per heavy atom. The zero-order chi connectivity index (χ0) is 31.5. The van der Waals surface area contributed by atoms with E-state index in [4.69, 9.17) is 9.97 Å². The van der Waals surface area contributed by atoms with Crippen LogP contribution < -0.4 is 0 Å². The summed E-state index contributed by atoms with van der Waals surface area (Å²) in [6.07, 6.45) is 2.82. The lowest BCUT2D eigenvalue weighted by atomic mass is 9.84. The van der Waals surface area contributed by atoms with Gasteiger partial charge in [-0.05, 0) is 91.2 Å². The molecule has 9 aromatic rings. The third kappa shape index (κ3) is 4.26. The average Bonchev–Trinajstić information content (AvgIpc) is 3.13. The van der Waals surface area contributed by atoms with Gasteiger partial charge in [0.05, 0.1) is 16.7 Å². The van der Waals surface area contributed by atoms with Crippen molar-refractivity contribution in [2.24, 2.45) is 0 Å². The monoisotopic (exact) mass is 600 g/mol. The summed E-state index contributed by atoms with van der Waals surface area (Å²) in [5.74, 6) is 0. The minimum atomic E-state index is 0.922. The van der Waals surface area contributed by atoms with Crippen LogP contribution in [0.5, 0.6) is 0 Å². The van der Waals surface area contributed by atoms with E-state index in [1.807, 2.05) is 6.20 Å². The molecule has 0 amide bonds. The van der Waals surface area contributed by atoms with Crippen molar-refractivity contribution in [1.29, 1.82) is 0 Å². The fraction of sp³-hybridized carbons (Fsp3) is 0.0667. The molecular formula is C45H32N2. The molecule has 47 heavy (non-hydrogen) atoms. The van der Waals surface area contributed by atoms with Gasteiger partial charge in [0.25, 0.3) is 0 Å². The van der Waals surface area contributed by atoms with Gasteiger partial charge in [-0.3, -0.25) is 4.98 Å². The van der Waals surface area contributed by atoms with E-state index in [0.717, 1.165) is 34.1 Å². The van der Waals surface area contributed by atoms with Crippen LogP contribution in [0.15, 0.2) is 146 Å². The molecule has 0 N–H and O–H groups in total. The van der Waals surface area contributed by atoms with Gasteiger partial charge in [0, 0.05) is 22.5 Å². The molecule has 0 saturated carbocycles. The third-order valence-electron chi connectivity index (χ3n) is 9.84. The Hall–Kier alpha value is -5.86. The highest BCUT2D eigenvalue weighted by Gasteiger charge is 2.20. The minimum absolute atomic E-state index is 0.922. The van der Waals surface area contributed by atoms with Gasteiger partial charge in [-0.2, -0.15) is 0 Å². The van der Waals surface area contributed by atoms with Gasteiger partial charge >= 0.3 is 0 Å². The normalized spacial score (nSPS) is 11.7. The molecule has 2 aromatic heterocycles. The molecule has 0 bridgehead atoms. The van der Waals surface area contributed by atoms with Crippen LogP contribution in [0.4, 0.5) is 0 Å². The van der Waals surface area contributed by atoms with Crippen LogP contribution in [-0.2, 0) is 6.42 Å². The van der Waals surface area contributed by atoms with Crippen molar-refractivity contribution in [1.82, 2.24) is 9.97 Å². The maximum absolute atomic E-state index is 5.36. The van der Waals surface area contributed by atoms with E-state index in [1.54, 1.807) is 0 Å². The van der Waals surface area contributed by atoms with E-state index in [0.29, 0.717) is 0 Å². The summed E-state index contributed by atoms with van der Waals surface area (Å²) < 4.78 is 0. The van der Waals surface area contributed by atoms with E-state index in [9.17, 15) is 0 Å². The standard InChI is InChI=1S/C45H32N2/c1-3-29-27-41(47-45-32(29)22-21-31-28(2)25-26-46-44(31)45)35-23-24-40(34-16-8-7-15-33(34)35)43-38-19-11-9-17-36(38)42(30-13-5-4-6-14-30)37-18-10-12-20-39(37)43/h4-27H,3H2,1-2H3. The zero-order valence-corrected chi connectivity index (χ0v) is 26.5. The molecule has 0 radical (unpaired) electrons. The van der Waals surface area contributed by atoms with Gasteiger partial charge in [-0.1, -0.05) is 134 Å². The predicted octanol–water partition coefficient (Wildman–Crippen LogP) is 12.1. The van der Waals surface area contributed by atoms with Crippen LogP contribution >= 0.6 is 0 Å². The molecule has 9 rings (SSSR count). The van der Waals surface area contributed by atoms with Crippen LogP contribution in [-0.4, -0.2) is 9.97 Å². The lowest BCUT2D eigenvalue weighted by Gasteiger charge is -2.19. The molecule has 222 valence electrons. The largest absolute Gasteiger partial charge is 0.254 e. The first kappa shape index (κ1) is 27.5. The lowest BCUT2D eigenvalue weighted by Crippen LogP contribution is -1.96. The molecule has 2 heterocycles. The van der Waals surface area contributed by atoms with Crippen LogP contribution in [0.3, 0.4) is 0 Å². The Labute approximate surface area is 274 Å². The third-order valence-corrected chi connectivity index (χ3v) is 9.84. The van der Waals surface area contributed by atoms with E-state index >= 15 is 0 Å². The smallest absolute Gasteiger partial charge is 0.0974 e. The van der Waals surface area contributed by atoms with Crippen LogP contribution in [0.1, 0.15) is 18.1 Å². The second-order valence-corrected chi connectivity index (χ2v) is 12.4. The predicted molar refractivity (Wildman–Crippen MR) is 200 cm³/mol. The summed E-state index contributed by atoms with van der Waals surface area (Å²) in [5.41, 5.74) is 11.6. The number of benzene rings is 7. The molecule has 7 aromatic carbocycles. The van der Waals surface area contributed by atoms with Crippen molar-refractivity contribution in [2.75, 3.05) is 0 Å². The molecule has 0 spiro atoms. The van der Waals surface area contributed by atoms with Crippen LogP contribution in [0.2, 0.25) is 0 Å². The number of hydrogen-bond donors (Lipinski definition) is 0. The summed E-state index contributed by atoms with van der Waals surface area (Å²) in [7, 11) is 0. The number of hydrogen-bond acceptors (Lipinski definition) is 2. The molecule has 0 aliphatic carbocycles. The van der Waals surface area contributed by atoms with Gasteiger partial charge < -0.3 is 0 Å². The Kier molecular flexibility index (Phi) is 6.36. The zero-order valence-electron chi connectivity index (χ0n) is 26.5. The molecule has 2 heteroatoms. The lowest BCUT2D eigenvalue weighted by molar-refractivity contribution is 1.15. The molecule has 0 unspecified atom stereocenters. The van der Waals surface area contributed by atoms with E-state index in [1.165, 1.54) is 71.1 Å². The fourth-order valence-corrected chi connectivity index (χ4v) is 7.62. The quantitative estimate of drug-likeness (QED) is 0.148. The average molecular weight is 601 g/mol. The maximum atomic E-state index is 5.36. The van der Waals surface area contributed by atoms with Crippen molar-refractivity contribution < 1.29 is 0 Å². The molecule has 0 atom stereocenters. The molecule has 0 saturated heterocycles. The van der Waals surface area contributed by atoms with Crippen molar-refractivity contribution >= 4 is 54.1 Å². The summed E-state index contributed by atoms with van der Waals surface area (Å²) >= 11 is 0. The minimum Gasteiger partial charge on any atom is -0.254 e. The highest BCUT2D eigenvalue weighted by atomic mass is 14.8. The van der Waals surface area contributed by atoms with Crippen molar-refractivity contribution in [3.63, 3.8) is 0 Å². The molecule has 0 fully saturated rings. The Bertz CT molecular complexity index is 2610. The van der Waals surface area contributed by atoms with Crippen molar-refractivity contribution in [2.45, 2.75) is 20.3 Å². The van der Waals surface area contributed by atoms with Gasteiger partial charge in [0.2, 0.25) is 0 Å². The van der Waals surface area contributed by atoms with Gasteiger partial charge in [0.15, 0.2) is 0 Å². The highest BCUT2D eigenvalue weighted by Crippen LogP contribution is 2.46. The van der Waals surface area contributed by atoms with Gasteiger partial charge in [-0.15, -0.1) is 0 Å². The first-order valence-corrected chi connectivity index (χ1v) is 16.4. The number of rotatable bonds is 4. The number of nitrogens with zero attached hydrogens (tertiary/aromatic N) is 2. The van der Waals surface area contributed by atoms with E-state index in [-0.39, 0.29) is 0 Å². The molecular weight excluding hydrogens is 569 g/mol. The molecule has 2 nitrogen and oxygen atoms in total. The number of fused-ring (bicyclic) bond motifs is 6. The van der Waals surface area contributed by atoms with Gasteiger partial charge in [0.1, 0.15) is 0 Å².